The molecule has 0 N–H and O–H groups in total. The number of carbonyl (C=O) groups is 1. The predicted octanol–water partition coefficient (Wildman–Crippen LogP) is 4.64. The molecule has 2 rings (SSSR count). The summed E-state index contributed by atoms with van der Waals surface area (Å²) in [5.41, 5.74) is 2.15. The third kappa shape index (κ3) is 4.18. The second-order valence-electron chi connectivity index (χ2n) is 4.37. The van der Waals surface area contributed by atoms with Gasteiger partial charge in [-0.1, -0.05) is 62.8 Å². The van der Waals surface area contributed by atoms with Crippen molar-refractivity contribution < 1.29 is 4.79 Å². The van der Waals surface area contributed by atoms with Crippen LogP contribution in [0.1, 0.15) is 50.4 Å². The van der Waals surface area contributed by atoms with Gasteiger partial charge in [0, 0.05) is 12.0 Å². The molecule has 92 valence electrons. The van der Waals surface area contributed by atoms with Gasteiger partial charge in [-0.3, -0.25) is 4.79 Å². The smallest absolute Gasteiger partial charge is 0.166 e. The number of benzene rings is 1. The van der Waals surface area contributed by atoms with Gasteiger partial charge in [0.1, 0.15) is 0 Å². The fourth-order valence-corrected chi connectivity index (χ4v) is 2.06. The van der Waals surface area contributed by atoms with Crippen molar-refractivity contribution in [2.45, 2.75) is 40.0 Å². The largest absolute Gasteiger partial charge is 0.294 e. The molecule has 1 unspecified atom stereocenters. The third-order valence-electron chi connectivity index (χ3n) is 2.90. The molecule has 0 aliphatic heterocycles. The van der Waals surface area contributed by atoms with Gasteiger partial charge in [-0.25, -0.2) is 0 Å². The van der Waals surface area contributed by atoms with Gasteiger partial charge < -0.3 is 0 Å². The van der Waals surface area contributed by atoms with E-state index >= 15 is 0 Å². The summed E-state index contributed by atoms with van der Waals surface area (Å²) in [6.45, 7) is 6.23. The van der Waals surface area contributed by atoms with Crippen LogP contribution in [0.3, 0.4) is 0 Å². The Hall–Kier alpha value is -1.37. The highest BCUT2D eigenvalue weighted by molar-refractivity contribution is 5.97. The first-order valence-corrected chi connectivity index (χ1v) is 6.52. The number of carbonyl (C=O) groups excluding carboxylic acids is 1. The highest BCUT2D eigenvalue weighted by Gasteiger charge is 2.15. The first-order chi connectivity index (χ1) is 8.25. The molecule has 0 radical (unpaired) electrons. The van der Waals surface area contributed by atoms with E-state index in [4.69, 9.17) is 0 Å². The van der Waals surface area contributed by atoms with E-state index in [2.05, 4.69) is 13.0 Å². The second-order valence-corrected chi connectivity index (χ2v) is 4.37. The number of rotatable bonds is 3. The van der Waals surface area contributed by atoms with Crippen LogP contribution in [-0.4, -0.2) is 5.78 Å². The molecule has 1 heteroatoms. The number of Topliss-reactive ketones (excluding diaryl/α,β-unsaturated/α-hetero) is 1. The van der Waals surface area contributed by atoms with E-state index in [-0.39, 0.29) is 5.78 Å². The van der Waals surface area contributed by atoms with Crippen molar-refractivity contribution in [3.63, 3.8) is 0 Å². The average Bonchev–Trinajstić information content (AvgIpc) is 2.78. The first kappa shape index (κ1) is 13.7. The minimum absolute atomic E-state index is 0.246. The quantitative estimate of drug-likeness (QED) is 0.546. The van der Waals surface area contributed by atoms with Gasteiger partial charge in [0.2, 0.25) is 0 Å². The lowest BCUT2D eigenvalue weighted by atomic mass is 10.0. The minimum Gasteiger partial charge on any atom is -0.294 e. The molecule has 1 aliphatic rings. The van der Waals surface area contributed by atoms with Crippen molar-refractivity contribution in [3.8, 4) is 0 Å². The van der Waals surface area contributed by atoms with Gasteiger partial charge in [0.05, 0.1) is 0 Å². The van der Waals surface area contributed by atoms with Gasteiger partial charge >= 0.3 is 0 Å². The van der Waals surface area contributed by atoms with E-state index in [1.807, 2.05) is 44.2 Å². The Balaban J connectivity index is 0.000000686. The van der Waals surface area contributed by atoms with E-state index in [0.29, 0.717) is 6.42 Å². The highest BCUT2D eigenvalue weighted by Crippen LogP contribution is 2.27. The molecule has 0 spiro atoms. The lowest BCUT2D eigenvalue weighted by molar-refractivity contribution is 0.0992. The summed E-state index contributed by atoms with van der Waals surface area (Å²) in [6, 6.07) is 9.55. The number of allylic oxidation sites excluding steroid dienone is 2. The van der Waals surface area contributed by atoms with E-state index in [9.17, 15) is 4.79 Å². The second kappa shape index (κ2) is 7.05. The molecule has 0 aromatic heterocycles. The molecule has 1 aliphatic carbocycles. The molecule has 17 heavy (non-hydrogen) atoms. The Morgan fingerprint density at radius 2 is 1.88 bits per heavy atom. The molecule has 0 fully saturated rings. The van der Waals surface area contributed by atoms with Gasteiger partial charge in [0.15, 0.2) is 5.78 Å². The van der Waals surface area contributed by atoms with Crippen LogP contribution in [0.25, 0.3) is 0 Å². The van der Waals surface area contributed by atoms with E-state index in [1.165, 1.54) is 5.57 Å². The summed E-state index contributed by atoms with van der Waals surface area (Å²) in [7, 11) is 0. The normalized spacial score (nSPS) is 18.1. The maximum Gasteiger partial charge on any atom is 0.166 e. The van der Waals surface area contributed by atoms with Crippen molar-refractivity contribution in [1.29, 1.82) is 0 Å². The number of hydrogen-bond donors (Lipinski definition) is 0. The van der Waals surface area contributed by atoms with Crippen LogP contribution in [0.15, 0.2) is 42.0 Å². The number of hydrogen-bond acceptors (Lipinski definition) is 1. The monoisotopic (exact) mass is 230 g/mol. The molecule has 0 saturated carbocycles. The maximum absolute atomic E-state index is 11.9. The minimum atomic E-state index is 0.246. The number of ketones is 1. The van der Waals surface area contributed by atoms with Gasteiger partial charge in [-0.15, -0.1) is 0 Å². The highest BCUT2D eigenvalue weighted by atomic mass is 16.1. The van der Waals surface area contributed by atoms with Crippen molar-refractivity contribution in [2.24, 2.45) is 5.92 Å². The van der Waals surface area contributed by atoms with Crippen LogP contribution >= 0.6 is 0 Å². The van der Waals surface area contributed by atoms with Crippen LogP contribution in [0.4, 0.5) is 0 Å². The van der Waals surface area contributed by atoms with Crippen molar-refractivity contribution in [3.05, 3.63) is 47.5 Å². The molecule has 0 bridgehead atoms. The SMILES string of the molecule is CC.CC1CC=C(CC(=O)c2ccccc2)C1. The van der Waals surface area contributed by atoms with Crippen LogP contribution in [0.2, 0.25) is 0 Å². The van der Waals surface area contributed by atoms with Crippen LogP contribution in [0, 0.1) is 5.92 Å². The molecular formula is C16H22O. The zero-order valence-electron chi connectivity index (χ0n) is 11.1. The Labute approximate surface area is 105 Å². The molecule has 0 saturated heterocycles. The van der Waals surface area contributed by atoms with Crippen molar-refractivity contribution in [2.75, 3.05) is 0 Å². The lowest BCUT2D eigenvalue weighted by Gasteiger charge is -2.03. The zero-order chi connectivity index (χ0) is 12.7. The summed E-state index contributed by atoms with van der Waals surface area (Å²) in [4.78, 5) is 11.9. The fraction of sp³-hybridized carbons (Fsp3) is 0.438. The summed E-state index contributed by atoms with van der Waals surface area (Å²) < 4.78 is 0. The Bertz CT molecular complexity index is 376. The summed E-state index contributed by atoms with van der Waals surface area (Å²) in [5, 5.41) is 0. The zero-order valence-corrected chi connectivity index (χ0v) is 11.1. The molecule has 1 nitrogen and oxygen atoms in total. The van der Waals surface area contributed by atoms with E-state index < -0.39 is 0 Å². The fourth-order valence-electron chi connectivity index (χ4n) is 2.06. The van der Waals surface area contributed by atoms with Crippen LogP contribution in [0.5, 0.6) is 0 Å². The van der Waals surface area contributed by atoms with Crippen molar-refractivity contribution in [1.82, 2.24) is 0 Å². The van der Waals surface area contributed by atoms with Crippen molar-refractivity contribution >= 4 is 5.78 Å². The Kier molecular flexibility index (Phi) is 5.68. The average molecular weight is 230 g/mol. The maximum atomic E-state index is 11.9. The van der Waals surface area contributed by atoms with Gasteiger partial charge in [0.25, 0.3) is 0 Å². The molecule has 0 heterocycles. The molecule has 0 amide bonds. The summed E-state index contributed by atoms with van der Waals surface area (Å²) in [6.07, 6.45) is 5.07. The van der Waals surface area contributed by atoms with Gasteiger partial charge in [-0.05, 0) is 18.8 Å². The Morgan fingerprint density at radius 3 is 2.41 bits per heavy atom. The predicted molar refractivity (Wildman–Crippen MR) is 73.2 cm³/mol. The molecule has 1 aromatic carbocycles. The topological polar surface area (TPSA) is 17.1 Å². The first-order valence-electron chi connectivity index (χ1n) is 6.52. The van der Waals surface area contributed by atoms with Crippen LogP contribution in [-0.2, 0) is 0 Å². The summed E-state index contributed by atoms with van der Waals surface area (Å²) >= 11 is 0. The summed E-state index contributed by atoms with van der Waals surface area (Å²) in [5.74, 6) is 0.972. The van der Waals surface area contributed by atoms with E-state index in [1.54, 1.807) is 0 Å². The third-order valence-corrected chi connectivity index (χ3v) is 2.90. The molecule has 1 atom stereocenters. The van der Waals surface area contributed by atoms with Crippen LogP contribution < -0.4 is 0 Å². The Morgan fingerprint density at radius 1 is 1.24 bits per heavy atom. The van der Waals surface area contributed by atoms with E-state index in [0.717, 1.165) is 24.3 Å². The standard InChI is InChI=1S/C14H16O.C2H6/c1-11-7-8-12(9-11)10-14(15)13-5-3-2-4-6-13;1-2/h2-6,8,11H,7,9-10H2,1H3;1-2H3. The van der Waals surface area contributed by atoms with Gasteiger partial charge in [-0.2, -0.15) is 0 Å². The lowest BCUT2D eigenvalue weighted by Crippen LogP contribution is -2.00. The molecule has 1 aromatic rings. The molecular weight excluding hydrogens is 208 g/mol.